The van der Waals surface area contributed by atoms with Gasteiger partial charge in [-0.1, -0.05) is 91.6 Å². The Bertz CT molecular complexity index is 2000. The lowest BCUT2D eigenvalue weighted by atomic mass is 10.0. The molecular weight excluding hydrogens is 705 g/mol. The number of pyridine rings is 1. The summed E-state index contributed by atoms with van der Waals surface area (Å²) in [6, 6.07) is 31.8. The molecule has 0 saturated carbocycles. The highest BCUT2D eigenvalue weighted by Crippen LogP contribution is 2.34. The monoisotopic (exact) mass is 749 g/mol. The number of halogens is 2. The summed E-state index contributed by atoms with van der Waals surface area (Å²) in [5.74, 6) is 2.91. The maximum Gasteiger partial charge on any atom is 0.249 e. The van der Waals surface area contributed by atoms with Gasteiger partial charge in [-0.2, -0.15) is 0 Å². The minimum atomic E-state index is 0.0306. The highest BCUT2D eigenvalue weighted by molar-refractivity contribution is 6.32. The van der Waals surface area contributed by atoms with E-state index in [9.17, 15) is 4.79 Å². The number of aryl methyl sites for hydroxylation is 1. The van der Waals surface area contributed by atoms with Crippen LogP contribution in [-0.2, 0) is 24.6 Å². The number of carbonyl (C=O) groups excluding carboxylic acids is 1. The SMILES string of the molecule is C/C(=C\c1cc(C)c(Oc2ccc(OCc3ccccc3Cl)cn2)c(Cl)c1)C(=O)N1CCN(Cc2ccc(COc3ccc(C(C)C)cc3)cc2)CC1. The van der Waals surface area contributed by atoms with Gasteiger partial charge in [0.05, 0.1) is 11.2 Å². The van der Waals surface area contributed by atoms with Crippen LogP contribution in [0, 0.1) is 6.92 Å². The second-order valence-electron chi connectivity index (χ2n) is 13.7. The van der Waals surface area contributed by atoms with Gasteiger partial charge in [0.2, 0.25) is 11.8 Å². The Hall–Kier alpha value is -4.82. The number of nitrogens with zero attached hydrogens (tertiary/aromatic N) is 3. The van der Waals surface area contributed by atoms with Gasteiger partial charge in [-0.25, -0.2) is 4.98 Å². The highest BCUT2D eigenvalue weighted by atomic mass is 35.5. The molecular formula is C44H45Cl2N3O4. The molecule has 1 amide bonds. The zero-order valence-corrected chi connectivity index (χ0v) is 32.2. The van der Waals surface area contributed by atoms with Gasteiger partial charge in [0.15, 0.2) is 5.75 Å². The van der Waals surface area contributed by atoms with E-state index in [-0.39, 0.29) is 5.91 Å². The van der Waals surface area contributed by atoms with Crippen LogP contribution in [0.4, 0.5) is 0 Å². The first-order valence-electron chi connectivity index (χ1n) is 17.9. The summed E-state index contributed by atoms with van der Waals surface area (Å²) >= 11 is 12.9. The number of amides is 1. The first-order valence-corrected chi connectivity index (χ1v) is 18.7. The van der Waals surface area contributed by atoms with Gasteiger partial charge in [0.1, 0.15) is 24.7 Å². The van der Waals surface area contributed by atoms with Crippen LogP contribution in [0.15, 0.2) is 109 Å². The molecule has 7 nitrogen and oxygen atoms in total. The molecule has 1 saturated heterocycles. The molecule has 5 aromatic rings. The van der Waals surface area contributed by atoms with Gasteiger partial charge in [0, 0.05) is 54.9 Å². The molecule has 1 fully saturated rings. The van der Waals surface area contributed by atoms with Crippen molar-refractivity contribution < 1.29 is 19.0 Å². The van der Waals surface area contributed by atoms with Crippen molar-refractivity contribution in [1.82, 2.24) is 14.8 Å². The Morgan fingerprint density at radius 1 is 0.811 bits per heavy atom. The first-order chi connectivity index (χ1) is 25.6. The number of ether oxygens (including phenoxy) is 3. The van der Waals surface area contributed by atoms with Gasteiger partial charge in [-0.05, 0) is 90.1 Å². The van der Waals surface area contributed by atoms with Crippen molar-refractivity contribution in [2.75, 3.05) is 26.2 Å². The molecule has 0 unspecified atom stereocenters. The van der Waals surface area contributed by atoms with Gasteiger partial charge >= 0.3 is 0 Å². The standard InChI is InChI=1S/C44H45Cl2N3O4/c1-30(2)36-13-15-38(16-14-36)51-28-34-11-9-33(10-12-34)27-48-19-21-49(22-20-48)44(50)32(4)24-35-23-31(3)43(41(46)25-35)53-42-18-17-39(26-47-42)52-29-37-7-5-6-8-40(37)45/h5-18,23-26,30H,19-22,27-29H2,1-4H3/b32-24+. The number of carbonyl (C=O) groups is 1. The van der Waals surface area contributed by atoms with E-state index in [1.165, 1.54) is 11.1 Å². The summed E-state index contributed by atoms with van der Waals surface area (Å²) in [4.78, 5) is 22.1. The summed E-state index contributed by atoms with van der Waals surface area (Å²) in [5, 5.41) is 1.09. The van der Waals surface area contributed by atoms with E-state index in [2.05, 4.69) is 60.1 Å². The molecule has 0 aliphatic carbocycles. The number of hydrogen-bond acceptors (Lipinski definition) is 6. The normalized spacial score (nSPS) is 13.6. The molecule has 1 aliphatic rings. The van der Waals surface area contributed by atoms with E-state index in [0.29, 0.717) is 65.2 Å². The first kappa shape index (κ1) is 37.9. The van der Waals surface area contributed by atoms with Crippen LogP contribution in [-0.4, -0.2) is 46.9 Å². The van der Waals surface area contributed by atoms with E-state index in [1.807, 2.05) is 67.3 Å². The minimum absolute atomic E-state index is 0.0306. The Labute approximate surface area is 322 Å². The van der Waals surface area contributed by atoms with Crippen LogP contribution >= 0.6 is 23.2 Å². The second kappa shape index (κ2) is 17.8. The average Bonchev–Trinajstić information content (AvgIpc) is 3.16. The topological polar surface area (TPSA) is 64.1 Å². The maximum absolute atomic E-state index is 13.4. The van der Waals surface area contributed by atoms with E-state index in [4.69, 9.17) is 37.4 Å². The summed E-state index contributed by atoms with van der Waals surface area (Å²) in [7, 11) is 0. The van der Waals surface area contributed by atoms with E-state index in [0.717, 1.165) is 47.6 Å². The average molecular weight is 751 g/mol. The van der Waals surface area contributed by atoms with Crippen molar-refractivity contribution in [3.63, 3.8) is 0 Å². The molecule has 53 heavy (non-hydrogen) atoms. The fourth-order valence-electron chi connectivity index (χ4n) is 6.15. The molecule has 0 bridgehead atoms. The highest BCUT2D eigenvalue weighted by Gasteiger charge is 2.22. The molecule has 1 aliphatic heterocycles. The van der Waals surface area contributed by atoms with E-state index in [1.54, 1.807) is 24.4 Å². The van der Waals surface area contributed by atoms with Crippen molar-refractivity contribution in [3.05, 3.63) is 152 Å². The third-order valence-electron chi connectivity index (χ3n) is 9.28. The van der Waals surface area contributed by atoms with Crippen molar-refractivity contribution in [2.45, 2.75) is 53.4 Å². The van der Waals surface area contributed by atoms with E-state index < -0.39 is 0 Å². The molecule has 2 heterocycles. The zero-order valence-electron chi connectivity index (χ0n) is 30.6. The van der Waals surface area contributed by atoms with Crippen molar-refractivity contribution in [3.8, 4) is 23.1 Å². The summed E-state index contributed by atoms with van der Waals surface area (Å²) in [6.45, 7) is 12.9. The number of benzene rings is 4. The molecule has 4 aromatic carbocycles. The third-order valence-corrected chi connectivity index (χ3v) is 9.93. The van der Waals surface area contributed by atoms with E-state index >= 15 is 0 Å². The largest absolute Gasteiger partial charge is 0.489 e. The fraction of sp³-hybridized carbons (Fsp3) is 0.273. The van der Waals surface area contributed by atoms with Crippen molar-refractivity contribution in [1.29, 1.82) is 0 Å². The molecule has 6 rings (SSSR count). The Morgan fingerprint density at radius 2 is 1.49 bits per heavy atom. The summed E-state index contributed by atoms with van der Waals surface area (Å²) < 4.78 is 17.9. The van der Waals surface area contributed by atoms with Crippen LogP contribution in [0.2, 0.25) is 10.0 Å². The number of hydrogen-bond donors (Lipinski definition) is 0. The smallest absolute Gasteiger partial charge is 0.249 e. The molecule has 0 N–H and O–H groups in total. The second-order valence-corrected chi connectivity index (χ2v) is 14.5. The van der Waals surface area contributed by atoms with Crippen LogP contribution in [0.3, 0.4) is 0 Å². The molecule has 9 heteroatoms. The molecule has 0 spiro atoms. The fourth-order valence-corrected chi connectivity index (χ4v) is 6.65. The number of aromatic nitrogens is 1. The molecule has 274 valence electrons. The molecule has 0 radical (unpaired) electrons. The predicted molar refractivity (Wildman–Crippen MR) is 213 cm³/mol. The summed E-state index contributed by atoms with van der Waals surface area (Å²) in [5.41, 5.74) is 6.90. The third kappa shape index (κ3) is 10.4. The van der Waals surface area contributed by atoms with Gasteiger partial charge < -0.3 is 19.1 Å². The lowest BCUT2D eigenvalue weighted by Gasteiger charge is -2.35. The van der Waals surface area contributed by atoms with Crippen molar-refractivity contribution >= 4 is 35.2 Å². The Balaban J connectivity index is 0.963. The lowest BCUT2D eigenvalue weighted by Crippen LogP contribution is -2.48. The quantitative estimate of drug-likeness (QED) is 0.112. The van der Waals surface area contributed by atoms with Crippen LogP contribution in [0.1, 0.15) is 60.1 Å². The number of rotatable bonds is 13. The van der Waals surface area contributed by atoms with Crippen molar-refractivity contribution in [2.24, 2.45) is 0 Å². The number of piperazine rings is 1. The maximum atomic E-state index is 13.4. The molecule has 0 atom stereocenters. The minimum Gasteiger partial charge on any atom is -0.489 e. The van der Waals surface area contributed by atoms with Gasteiger partial charge in [-0.15, -0.1) is 0 Å². The predicted octanol–water partition coefficient (Wildman–Crippen LogP) is 10.5. The zero-order chi connectivity index (χ0) is 37.3. The van der Waals surface area contributed by atoms with Crippen LogP contribution < -0.4 is 14.2 Å². The van der Waals surface area contributed by atoms with Crippen LogP contribution in [0.5, 0.6) is 23.1 Å². The Morgan fingerprint density at radius 3 is 2.15 bits per heavy atom. The summed E-state index contributed by atoms with van der Waals surface area (Å²) in [6.07, 6.45) is 3.48. The lowest BCUT2D eigenvalue weighted by molar-refractivity contribution is -0.128. The van der Waals surface area contributed by atoms with Gasteiger partial charge in [0.25, 0.3) is 0 Å². The molecule has 1 aromatic heterocycles. The Kier molecular flexibility index (Phi) is 12.7. The van der Waals surface area contributed by atoms with Gasteiger partial charge in [-0.3, -0.25) is 9.69 Å². The van der Waals surface area contributed by atoms with Crippen LogP contribution in [0.25, 0.3) is 6.08 Å².